The summed E-state index contributed by atoms with van der Waals surface area (Å²) in [4.78, 5) is 8.55. The Bertz CT molecular complexity index is 828. The fourth-order valence-corrected chi connectivity index (χ4v) is 2.05. The van der Waals surface area contributed by atoms with Gasteiger partial charge in [-0.25, -0.2) is 9.50 Å². The topological polar surface area (TPSA) is 78.9 Å². The molecular formula is C15H14N6. The normalized spacial score (nSPS) is 10.8. The molecule has 0 saturated heterocycles. The summed E-state index contributed by atoms with van der Waals surface area (Å²) in [6, 6.07) is 8.12. The van der Waals surface area contributed by atoms with Gasteiger partial charge in [-0.15, -0.1) is 0 Å². The quantitative estimate of drug-likeness (QED) is 0.796. The molecule has 3 heterocycles. The Labute approximate surface area is 122 Å². The van der Waals surface area contributed by atoms with Gasteiger partial charge in [0.2, 0.25) is 0 Å². The van der Waals surface area contributed by atoms with E-state index in [2.05, 4.69) is 34.2 Å². The van der Waals surface area contributed by atoms with Gasteiger partial charge < -0.3 is 5.32 Å². The summed E-state index contributed by atoms with van der Waals surface area (Å²) in [5.41, 5.74) is 3.65. The summed E-state index contributed by atoms with van der Waals surface area (Å²) < 4.78 is 1.60. The van der Waals surface area contributed by atoms with Crippen LogP contribution in [-0.4, -0.2) is 25.6 Å². The van der Waals surface area contributed by atoms with Crippen molar-refractivity contribution in [1.29, 1.82) is 5.26 Å². The third-order valence-corrected chi connectivity index (χ3v) is 2.92. The maximum Gasteiger partial charge on any atom is 0.155 e. The van der Waals surface area contributed by atoms with Crippen LogP contribution in [0.25, 0.3) is 17.0 Å². The number of nitriles is 1. The highest BCUT2D eigenvalue weighted by atomic mass is 15.2. The number of fused-ring (bicyclic) bond motifs is 1. The molecule has 0 unspecified atom stereocenters. The van der Waals surface area contributed by atoms with Gasteiger partial charge in [0.25, 0.3) is 0 Å². The number of rotatable bonds is 3. The molecule has 0 aliphatic carbocycles. The van der Waals surface area contributed by atoms with E-state index in [0.717, 1.165) is 17.1 Å². The number of pyridine rings is 1. The molecule has 0 amide bonds. The fourth-order valence-electron chi connectivity index (χ4n) is 2.05. The first-order valence-electron chi connectivity index (χ1n) is 6.64. The van der Waals surface area contributed by atoms with E-state index < -0.39 is 0 Å². The average molecular weight is 278 g/mol. The van der Waals surface area contributed by atoms with Crippen molar-refractivity contribution < 1.29 is 0 Å². The van der Waals surface area contributed by atoms with Gasteiger partial charge in [-0.2, -0.15) is 10.4 Å². The molecule has 0 aliphatic rings. The van der Waals surface area contributed by atoms with E-state index >= 15 is 0 Å². The van der Waals surface area contributed by atoms with Gasteiger partial charge in [0.1, 0.15) is 11.8 Å². The first-order valence-corrected chi connectivity index (χ1v) is 6.64. The molecule has 6 heteroatoms. The molecular weight excluding hydrogens is 264 g/mol. The second-order valence-electron chi connectivity index (χ2n) is 5.02. The molecule has 21 heavy (non-hydrogen) atoms. The minimum atomic E-state index is 0.348. The zero-order valence-corrected chi connectivity index (χ0v) is 11.8. The standard InChI is InChI=1S/C15H14N6/c1-10(2)19-12-3-4-17-13(5-12)14-6-15-18-8-11(7-16)9-21(15)20-14/h3-6,8-10H,1-2H3,(H,17,19). The van der Waals surface area contributed by atoms with Crippen molar-refractivity contribution in [2.45, 2.75) is 19.9 Å². The first-order chi connectivity index (χ1) is 10.2. The molecule has 0 aromatic carbocycles. The van der Waals surface area contributed by atoms with E-state index in [1.54, 1.807) is 16.9 Å². The number of hydrogen-bond donors (Lipinski definition) is 1. The smallest absolute Gasteiger partial charge is 0.155 e. The number of hydrogen-bond acceptors (Lipinski definition) is 5. The van der Waals surface area contributed by atoms with Crippen LogP contribution in [0.15, 0.2) is 36.8 Å². The molecule has 3 aromatic rings. The van der Waals surface area contributed by atoms with Crippen molar-refractivity contribution in [2.75, 3.05) is 5.32 Å². The monoisotopic (exact) mass is 278 g/mol. The van der Waals surface area contributed by atoms with E-state index in [4.69, 9.17) is 5.26 Å². The lowest BCUT2D eigenvalue weighted by Crippen LogP contribution is -2.09. The van der Waals surface area contributed by atoms with Gasteiger partial charge in [-0.05, 0) is 26.0 Å². The van der Waals surface area contributed by atoms with Crippen molar-refractivity contribution in [3.05, 3.63) is 42.4 Å². The molecule has 0 atom stereocenters. The molecule has 3 rings (SSSR count). The molecule has 0 fully saturated rings. The highest BCUT2D eigenvalue weighted by Gasteiger charge is 2.08. The fraction of sp³-hybridized carbons (Fsp3) is 0.200. The number of anilines is 1. The minimum absolute atomic E-state index is 0.348. The number of nitrogens with zero attached hydrogens (tertiary/aromatic N) is 5. The van der Waals surface area contributed by atoms with E-state index in [0.29, 0.717) is 17.3 Å². The van der Waals surface area contributed by atoms with Crippen LogP contribution in [0.2, 0.25) is 0 Å². The summed E-state index contributed by atoms with van der Waals surface area (Å²) >= 11 is 0. The lowest BCUT2D eigenvalue weighted by molar-refractivity contribution is 0.898. The van der Waals surface area contributed by atoms with Crippen molar-refractivity contribution >= 4 is 11.3 Å². The third-order valence-electron chi connectivity index (χ3n) is 2.92. The van der Waals surface area contributed by atoms with E-state index in [1.807, 2.05) is 24.3 Å². The van der Waals surface area contributed by atoms with Crippen molar-refractivity contribution in [3.63, 3.8) is 0 Å². The Morgan fingerprint density at radius 3 is 2.86 bits per heavy atom. The van der Waals surface area contributed by atoms with Gasteiger partial charge >= 0.3 is 0 Å². The van der Waals surface area contributed by atoms with Crippen molar-refractivity contribution in [1.82, 2.24) is 19.6 Å². The van der Waals surface area contributed by atoms with Gasteiger partial charge in [0.15, 0.2) is 5.65 Å². The predicted molar refractivity (Wildman–Crippen MR) is 79.7 cm³/mol. The van der Waals surface area contributed by atoms with Crippen LogP contribution in [-0.2, 0) is 0 Å². The van der Waals surface area contributed by atoms with Crippen molar-refractivity contribution in [2.24, 2.45) is 0 Å². The lowest BCUT2D eigenvalue weighted by atomic mass is 10.2. The largest absolute Gasteiger partial charge is 0.383 e. The first kappa shape index (κ1) is 13.1. The van der Waals surface area contributed by atoms with Crippen LogP contribution < -0.4 is 5.32 Å². The lowest BCUT2D eigenvalue weighted by Gasteiger charge is -2.09. The maximum absolute atomic E-state index is 8.89. The molecule has 0 saturated carbocycles. The van der Waals surface area contributed by atoms with E-state index in [1.165, 1.54) is 6.20 Å². The molecule has 0 bridgehead atoms. The van der Waals surface area contributed by atoms with Crippen LogP contribution in [0.3, 0.4) is 0 Å². The van der Waals surface area contributed by atoms with Gasteiger partial charge in [-0.1, -0.05) is 0 Å². The Balaban J connectivity index is 2.02. The zero-order chi connectivity index (χ0) is 14.8. The van der Waals surface area contributed by atoms with Crippen LogP contribution in [0, 0.1) is 11.3 Å². The second kappa shape index (κ2) is 5.21. The van der Waals surface area contributed by atoms with Gasteiger partial charge in [0.05, 0.1) is 17.5 Å². The Morgan fingerprint density at radius 1 is 1.24 bits per heavy atom. The maximum atomic E-state index is 8.89. The van der Waals surface area contributed by atoms with Crippen LogP contribution in [0.1, 0.15) is 19.4 Å². The van der Waals surface area contributed by atoms with Crippen LogP contribution in [0.4, 0.5) is 5.69 Å². The second-order valence-corrected chi connectivity index (χ2v) is 5.02. The van der Waals surface area contributed by atoms with E-state index in [9.17, 15) is 0 Å². The third kappa shape index (κ3) is 2.67. The van der Waals surface area contributed by atoms with Crippen LogP contribution in [0.5, 0.6) is 0 Å². The summed E-state index contributed by atoms with van der Waals surface area (Å²) in [5.74, 6) is 0. The average Bonchev–Trinajstić information content (AvgIpc) is 2.89. The van der Waals surface area contributed by atoms with Crippen LogP contribution >= 0.6 is 0 Å². The molecule has 0 radical (unpaired) electrons. The summed E-state index contributed by atoms with van der Waals surface area (Å²) in [6.07, 6.45) is 4.94. The molecule has 0 spiro atoms. The van der Waals surface area contributed by atoms with E-state index in [-0.39, 0.29) is 0 Å². The Hall–Kier alpha value is -2.94. The van der Waals surface area contributed by atoms with Gasteiger partial charge in [-0.3, -0.25) is 4.98 Å². The highest BCUT2D eigenvalue weighted by Crippen LogP contribution is 2.20. The highest BCUT2D eigenvalue weighted by molar-refractivity contribution is 5.64. The van der Waals surface area contributed by atoms with Crippen molar-refractivity contribution in [3.8, 4) is 17.5 Å². The molecule has 1 N–H and O–H groups in total. The Kier molecular flexibility index (Phi) is 3.24. The predicted octanol–water partition coefficient (Wildman–Crippen LogP) is 2.48. The summed E-state index contributed by atoms with van der Waals surface area (Å²) in [6.45, 7) is 4.16. The number of aromatic nitrogens is 4. The molecule has 104 valence electrons. The number of nitrogens with one attached hydrogen (secondary N) is 1. The minimum Gasteiger partial charge on any atom is -0.383 e. The molecule has 3 aromatic heterocycles. The summed E-state index contributed by atoms with van der Waals surface area (Å²) in [7, 11) is 0. The Morgan fingerprint density at radius 2 is 2.10 bits per heavy atom. The zero-order valence-electron chi connectivity index (χ0n) is 11.8. The SMILES string of the molecule is CC(C)Nc1ccnc(-c2cc3ncc(C#N)cn3n2)c1. The molecule has 0 aliphatic heterocycles. The van der Waals surface area contributed by atoms with Gasteiger partial charge in [0, 0.05) is 30.2 Å². The molecule has 6 nitrogen and oxygen atoms in total. The summed E-state index contributed by atoms with van der Waals surface area (Å²) in [5, 5.41) is 16.6.